The smallest absolute Gasteiger partial charge is 0.314 e. The van der Waals surface area contributed by atoms with E-state index in [2.05, 4.69) is 0 Å². The summed E-state index contributed by atoms with van der Waals surface area (Å²) in [6, 6.07) is 1.02. The van der Waals surface area contributed by atoms with Crippen molar-refractivity contribution in [3.63, 3.8) is 0 Å². The first kappa shape index (κ1) is 11.8. The molecule has 4 nitrogen and oxygen atoms in total. The van der Waals surface area contributed by atoms with E-state index < -0.39 is 28.8 Å². The van der Waals surface area contributed by atoms with Crippen LogP contribution < -0.4 is 5.73 Å². The molecule has 17 heavy (non-hydrogen) atoms. The molecule has 1 saturated carbocycles. The van der Waals surface area contributed by atoms with E-state index in [0.29, 0.717) is 6.07 Å². The summed E-state index contributed by atoms with van der Waals surface area (Å²) in [5.74, 6) is -4.14. The number of carboxylic acid groups (broad SMARTS) is 1. The highest BCUT2D eigenvalue weighted by atomic mass is 19.1. The quantitative estimate of drug-likeness (QED) is 0.726. The number of phenols is 1. The highest BCUT2D eigenvalue weighted by Gasteiger charge is 2.52. The molecule has 92 valence electrons. The molecule has 1 aromatic rings. The standard InChI is InChI=1S/C11H11F2NO3/c12-5-1-7(9(15)8(13)2-5)11(10(16)17)3-6(14)4-11/h1-2,6,15H,3-4,14H2,(H,16,17). The van der Waals surface area contributed by atoms with Crippen molar-refractivity contribution >= 4 is 5.97 Å². The lowest BCUT2D eigenvalue weighted by atomic mass is 9.61. The molecule has 1 aromatic carbocycles. The third-order valence-electron chi connectivity index (χ3n) is 3.17. The zero-order valence-electron chi connectivity index (χ0n) is 8.78. The number of benzene rings is 1. The Labute approximate surface area is 95.7 Å². The van der Waals surface area contributed by atoms with Crippen LogP contribution in [-0.4, -0.2) is 22.2 Å². The minimum atomic E-state index is -1.48. The molecule has 6 heteroatoms. The Morgan fingerprint density at radius 1 is 1.41 bits per heavy atom. The normalized spacial score (nSPS) is 27.6. The van der Waals surface area contributed by atoms with E-state index in [0.717, 1.165) is 6.07 Å². The number of phenolic OH excluding ortho intramolecular Hbond substituents is 1. The second kappa shape index (κ2) is 3.66. The maximum Gasteiger partial charge on any atom is 0.314 e. The van der Waals surface area contributed by atoms with Crippen molar-refractivity contribution in [1.29, 1.82) is 0 Å². The molecule has 1 aliphatic carbocycles. The van der Waals surface area contributed by atoms with Crippen LogP contribution in [0.25, 0.3) is 0 Å². The number of aromatic hydroxyl groups is 1. The molecule has 0 heterocycles. The zero-order chi connectivity index (χ0) is 12.8. The van der Waals surface area contributed by atoms with E-state index in [1.54, 1.807) is 0 Å². The van der Waals surface area contributed by atoms with Gasteiger partial charge in [0.25, 0.3) is 0 Å². The third-order valence-corrected chi connectivity index (χ3v) is 3.17. The van der Waals surface area contributed by atoms with Gasteiger partial charge in [0.1, 0.15) is 5.82 Å². The molecule has 4 N–H and O–H groups in total. The molecular weight excluding hydrogens is 232 g/mol. The lowest BCUT2D eigenvalue weighted by Gasteiger charge is -2.43. The maximum absolute atomic E-state index is 13.2. The topological polar surface area (TPSA) is 83.6 Å². The van der Waals surface area contributed by atoms with Crippen LogP contribution in [0.15, 0.2) is 12.1 Å². The Hall–Kier alpha value is -1.69. The summed E-state index contributed by atoms with van der Waals surface area (Å²) < 4.78 is 26.3. The number of carboxylic acids is 1. The van der Waals surface area contributed by atoms with Crippen LogP contribution in [0.2, 0.25) is 0 Å². The first-order valence-electron chi connectivity index (χ1n) is 5.04. The molecule has 0 aromatic heterocycles. The number of rotatable bonds is 2. The predicted octanol–water partition coefficient (Wildman–Crippen LogP) is 1.11. The van der Waals surface area contributed by atoms with Crippen LogP contribution in [0.5, 0.6) is 5.75 Å². The molecule has 0 spiro atoms. The van der Waals surface area contributed by atoms with Crippen LogP contribution >= 0.6 is 0 Å². The molecule has 0 saturated heterocycles. The Balaban J connectivity index is 2.55. The second-order valence-corrected chi connectivity index (χ2v) is 4.34. The fourth-order valence-electron chi connectivity index (χ4n) is 2.28. The summed E-state index contributed by atoms with van der Waals surface area (Å²) >= 11 is 0. The maximum atomic E-state index is 13.2. The van der Waals surface area contributed by atoms with Gasteiger partial charge in [-0.1, -0.05) is 0 Å². The predicted molar refractivity (Wildman–Crippen MR) is 54.5 cm³/mol. The van der Waals surface area contributed by atoms with Crippen molar-refractivity contribution in [2.24, 2.45) is 5.73 Å². The lowest BCUT2D eigenvalue weighted by Crippen LogP contribution is -2.54. The van der Waals surface area contributed by atoms with Crippen LogP contribution in [-0.2, 0) is 10.2 Å². The summed E-state index contributed by atoms with van der Waals surface area (Å²) in [5.41, 5.74) is 3.80. The van der Waals surface area contributed by atoms with E-state index in [9.17, 15) is 18.7 Å². The first-order chi connectivity index (χ1) is 7.86. The van der Waals surface area contributed by atoms with Crippen molar-refractivity contribution in [1.82, 2.24) is 0 Å². The summed E-state index contributed by atoms with van der Waals surface area (Å²) in [5, 5.41) is 18.7. The third kappa shape index (κ3) is 1.64. The van der Waals surface area contributed by atoms with Gasteiger partial charge in [-0.2, -0.15) is 0 Å². The average molecular weight is 243 g/mol. The van der Waals surface area contributed by atoms with Crippen molar-refractivity contribution in [3.8, 4) is 5.75 Å². The molecule has 0 bridgehead atoms. The number of nitrogens with two attached hydrogens (primary N) is 1. The van der Waals surface area contributed by atoms with Crippen LogP contribution in [0.4, 0.5) is 8.78 Å². The van der Waals surface area contributed by atoms with Crippen LogP contribution in [0.3, 0.4) is 0 Å². The molecule has 0 aliphatic heterocycles. The number of halogens is 2. The fraction of sp³-hybridized carbons (Fsp3) is 0.364. The molecule has 0 amide bonds. The van der Waals surface area contributed by atoms with Gasteiger partial charge < -0.3 is 15.9 Å². The van der Waals surface area contributed by atoms with Gasteiger partial charge in [0.2, 0.25) is 0 Å². The zero-order valence-corrected chi connectivity index (χ0v) is 8.78. The number of aliphatic carboxylic acids is 1. The number of carbonyl (C=O) groups is 1. The van der Waals surface area contributed by atoms with Crippen molar-refractivity contribution in [3.05, 3.63) is 29.3 Å². The number of hydrogen-bond donors (Lipinski definition) is 3. The van der Waals surface area contributed by atoms with Gasteiger partial charge in [0.15, 0.2) is 11.6 Å². The summed E-state index contributed by atoms with van der Waals surface area (Å²) in [6.45, 7) is 0. The summed E-state index contributed by atoms with van der Waals surface area (Å²) in [4.78, 5) is 11.2. The van der Waals surface area contributed by atoms with E-state index >= 15 is 0 Å². The van der Waals surface area contributed by atoms with Gasteiger partial charge in [-0.15, -0.1) is 0 Å². The molecule has 1 aliphatic rings. The summed E-state index contributed by atoms with van der Waals surface area (Å²) in [7, 11) is 0. The molecule has 0 radical (unpaired) electrons. The molecule has 0 unspecified atom stereocenters. The molecule has 1 fully saturated rings. The van der Waals surface area contributed by atoms with Gasteiger partial charge in [0.05, 0.1) is 5.41 Å². The van der Waals surface area contributed by atoms with E-state index in [1.807, 2.05) is 0 Å². The van der Waals surface area contributed by atoms with Crippen molar-refractivity contribution in [2.45, 2.75) is 24.3 Å². The molecule has 2 rings (SSSR count). The fourth-order valence-corrected chi connectivity index (χ4v) is 2.28. The minimum absolute atomic E-state index is 0.0544. The van der Waals surface area contributed by atoms with E-state index in [4.69, 9.17) is 10.8 Å². The molecular formula is C11H11F2NO3. The van der Waals surface area contributed by atoms with Crippen LogP contribution in [0.1, 0.15) is 18.4 Å². The molecule has 0 atom stereocenters. The Bertz CT molecular complexity index is 484. The average Bonchev–Trinajstić information content (AvgIpc) is 2.18. The lowest BCUT2D eigenvalue weighted by molar-refractivity contribution is -0.148. The van der Waals surface area contributed by atoms with Gasteiger partial charge in [-0.05, 0) is 18.9 Å². The largest absolute Gasteiger partial charge is 0.505 e. The Kier molecular flexibility index (Phi) is 2.54. The van der Waals surface area contributed by atoms with Gasteiger partial charge in [0, 0.05) is 17.7 Å². The SMILES string of the molecule is NC1CC(C(=O)O)(c2cc(F)cc(F)c2O)C1. The highest BCUT2D eigenvalue weighted by Crippen LogP contribution is 2.47. The number of hydrogen-bond acceptors (Lipinski definition) is 3. The van der Waals surface area contributed by atoms with E-state index in [-0.39, 0.29) is 24.4 Å². The minimum Gasteiger partial charge on any atom is -0.505 e. The second-order valence-electron chi connectivity index (χ2n) is 4.34. The highest BCUT2D eigenvalue weighted by molar-refractivity contribution is 5.84. The van der Waals surface area contributed by atoms with Gasteiger partial charge in [-0.3, -0.25) is 4.79 Å². The Morgan fingerprint density at radius 2 is 2.00 bits per heavy atom. The summed E-state index contributed by atoms with van der Waals surface area (Å²) in [6.07, 6.45) is 0.109. The van der Waals surface area contributed by atoms with Gasteiger partial charge >= 0.3 is 5.97 Å². The van der Waals surface area contributed by atoms with Crippen LogP contribution in [0, 0.1) is 11.6 Å². The Morgan fingerprint density at radius 3 is 2.47 bits per heavy atom. The van der Waals surface area contributed by atoms with Crippen molar-refractivity contribution < 1.29 is 23.8 Å². The first-order valence-corrected chi connectivity index (χ1v) is 5.04. The van der Waals surface area contributed by atoms with Gasteiger partial charge in [-0.25, -0.2) is 8.78 Å². The van der Waals surface area contributed by atoms with Crippen molar-refractivity contribution in [2.75, 3.05) is 0 Å². The monoisotopic (exact) mass is 243 g/mol. The van der Waals surface area contributed by atoms with E-state index in [1.165, 1.54) is 0 Å².